The second kappa shape index (κ2) is 5.44. The van der Waals surface area contributed by atoms with Gasteiger partial charge in [-0.3, -0.25) is 0 Å². The summed E-state index contributed by atoms with van der Waals surface area (Å²) >= 11 is 0. The summed E-state index contributed by atoms with van der Waals surface area (Å²) < 4.78 is 12.7. The summed E-state index contributed by atoms with van der Waals surface area (Å²) in [5, 5.41) is 10.3. The van der Waals surface area contributed by atoms with Crippen LogP contribution in [0.1, 0.15) is 39.2 Å². The lowest BCUT2D eigenvalue weighted by atomic mass is 9.82. The van der Waals surface area contributed by atoms with Gasteiger partial charge in [-0.25, -0.2) is 4.39 Å². The van der Waals surface area contributed by atoms with Gasteiger partial charge in [-0.2, -0.15) is 0 Å². The Bertz CT molecular complexity index is 316. The molecule has 0 saturated carbocycles. The van der Waals surface area contributed by atoms with Crippen molar-refractivity contribution in [2.24, 2.45) is 5.92 Å². The van der Waals surface area contributed by atoms with Crippen molar-refractivity contribution in [3.63, 3.8) is 0 Å². The van der Waals surface area contributed by atoms with Crippen LogP contribution in [0.5, 0.6) is 0 Å². The fourth-order valence-electron chi connectivity index (χ4n) is 1.93. The summed E-state index contributed by atoms with van der Waals surface area (Å²) in [6, 6.07) is 6.36. The molecule has 0 fully saturated rings. The van der Waals surface area contributed by atoms with Gasteiger partial charge in [0.15, 0.2) is 0 Å². The lowest BCUT2D eigenvalue weighted by Gasteiger charge is -2.30. The molecule has 2 heteroatoms. The number of rotatable bonds is 5. The number of benzene rings is 1. The zero-order chi connectivity index (χ0) is 12.2. The third-order valence-corrected chi connectivity index (χ3v) is 3.26. The maximum atomic E-state index is 12.7. The van der Waals surface area contributed by atoms with E-state index in [9.17, 15) is 9.50 Å². The average molecular weight is 224 g/mol. The Balaban J connectivity index is 2.68. The maximum absolute atomic E-state index is 12.7. The van der Waals surface area contributed by atoms with Crippen LogP contribution >= 0.6 is 0 Å². The summed E-state index contributed by atoms with van der Waals surface area (Å²) in [6.45, 7) is 6.04. The fourth-order valence-corrected chi connectivity index (χ4v) is 1.93. The van der Waals surface area contributed by atoms with E-state index in [0.717, 1.165) is 18.4 Å². The van der Waals surface area contributed by atoms with Gasteiger partial charge in [-0.15, -0.1) is 0 Å². The van der Waals surface area contributed by atoms with Gasteiger partial charge in [0.25, 0.3) is 0 Å². The topological polar surface area (TPSA) is 20.2 Å². The molecule has 0 radical (unpaired) electrons. The van der Waals surface area contributed by atoms with E-state index in [2.05, 4.69) is 13.8 Å². The van der Waals surface area contributed by atoms with Crippen molar-refractivity contribution < 1.29 is 9.50 Å². The first-order valence-electron chi connectivity index (χ1n) is 5.92. The first-order chi connectivity index (χ1) is 7.45. The highest BCUT2D eigenvalue weighted by Crippen LogP contribution is 2.25. The third-order valence-electron chi connectivity index (χ3n) is 3.26. The fraction of sp³-hybridized carbons (Fsp3) is 0.571. The first kappa shape index (κ1) is 13.2. The predicted molar refractivity (Wildman–Crippen MR) is 64.8 cm³/mol. The summed E-state index contributed by atoms with van der Waals surface area (Å²) in [6.07, 6.45) is 2.66. The molecule has 90 valence electrons. The molecule has 0 aromatic heterocycles. The summed E-state index contributed by atoms with van der Waals surface area (Å²) in [5.41, 5.74) is 0.266. The molecule has 0 heterocycles. The van der Waals surface area contributed by atoms with E-state index < -0.39 is 5.60 Å². The SMILES string of the molecule is CCCC(C)C(C)(O)Cc1ccc(F)cc1. The van der Waals surface area contributed by atoms with E-state index in [4.69, 9.17) is 0 Å². The van der Waals surface area contributed by atoms with Crippen LogP contribution in [0.3, 0.4) is 0 Å². The van der Waals surface area contributed by atoms with Crippen molar-refractivity contribution in [3.8, 4) is 0 Å². The van der Waals surface area contributed by atoms with Crippen LogP contribution in [-0.4, -0.2) is 10.7 Å². The van der Waals surface area contributed by atoms with E-state index >= 15 is 0 Å². The van der Waals surface area contributed by atoms with Crippen LogP contribution in [0.2, 0.25) is 0 Å². The number of halogens is 1. The van der Waals surface area contributed by atoms with Gasteiger partial charge >= 0.3 is 0 Å². The predicted octanol–water partition coefficient (Wildman–Crippen LogP) is 3.56. The van der Waals surface area contributed by atoms with Crippen molar-refractivity contribution in [1.29, 1.82) is 0 Å². The Morgan fingerprint density at radius 1 is 1.31 bits per heavy atom. The second-order valence-corrected chi connectivity index (χ2v) is 4.85. The lowest BCUT2D eigenvalue weighted by Crippen LogP contribution is -2.35. The lowest BCUT2D eigenvalue weighted by molar-refractivity contribution is 0.00298. The van der Waals surface area contributed by atoms with E-state index in [1.807, 2.05) is 6.92 Å². The molecule has 0 amide bonds. The monoisotopic (exact) mass is 224 g/mol. The third kappa shape index (κ3) is 3.60. The Morgan fingerprint density at radius 3 is 2.38 bits per heavy atom. The Kier molecular flexibility index (Phi) is 4.48. The molecule has 2 unspecified atom stereocenters. The molecule has 0 bridgehead atoms. The molecule has 16 heavy (non-hydrogen) atoms. The van der Waals surface area contributed by atoms with Crippen molar-refractivity contribution in [2.75, 3.05) is 0 Å². The van der Waals surface area contributed by atoms with E-state index in [1.165, 1.54) is 12.1 Å². The highest BCUT2D eigenvalue weighted by atomic mass is 19.1. The largest absolute Gasteiger partial charge is 0.390 e. The molecular weight excluding hydrogens is 203 g/mol. The normalized spacial score (nSPS) is 16.8. The number of aliphatic hydroxyl groups is 1. The van der Waals surface area contributed by atoms with Gasteiger partial charge in [-0.05, 0) is 37.0 Å². The van der Waals surface area contributed by atoms with E-state index in [1.54, 1.807) is 12.1 Å². The smallest absolute Gasteiger partial charge is 0.123 e. The van der Waals surface area contributed by atoms with Crippen molar-refractivity contribution in [3.05, 3.63) is 35.6 Å². The zero-order valence-electron chi connectivity index (χ0n) is 10.3. The molecule has 0 aliphatic carbocycles. The molecule has 0 saturated heterocycles. The molecule has 0 spiro atoms. The number of hydrogen-bond acceptors (Lipinski definition) is 1. The van der Waals surface area contributed by atoms with Crippen LogP contribution in [0.25, 0.3) is 0 Å². The molecular formula is C14H21FO. The highest BCUT2D eigenvalue weighted by Gasteiger charge is 2.27. The second-order valence-electron chi connectivity index (χ2n) is 4.85. The minimum atomic E-state index is -0.714. The number of hydrogen-bond donors (Lipinski definition) is 1. The van der Waals surface area contributed by atoms with Gasteiger partial charge in [-0.1, -0.05) is 32.4 Å². The van der Waals surface area contributed by atoms with E-state index in [0.29, 0.717) is 6.42 Å². The Labute approximate surface area is 97.3 Å². The van der Waals surface area contributed by atoms with Crippen LogP contribution in [0.4, 0.5) is 4.39 Å². The molecule has 1 aromatic carbocycles. The molecule has 1 rings (SSSR count). The quantitative estimate of drug-likeness (QED) is 0.811. The van der Waals surface area contributed by atoms with Crippen molar-refractivity contribution in [2.45, 2.75) is 45.6 Å². The minimum Gasteiger partial charge on any atom is -0.390 e. The van der Waals surface area contributed by atoms with Crippen LogP contribution in [0.15, 0.2) is 24.3 Å². The molecule has 1 aromatic rings. The summed E-state index contributed by atoms with van der Waals surface area (Å²) in [4.78, 5) is 0. The van der Waals surface area contributed by atoms with Crippen LogP contribution in [-0.2, 0) is 6.42 Å². The molecule has 0 aliphatic heterocycles. The maximum Gasteiger partial charge on any atom is 0.123 e. The van der Waals surface area contributed by atoms with Gasteiger partial charge in [0.2, 0.25) is 0 Å². The van der Waals surface area contributed by atoms with Gasteiger partial charge in [0.05, 0.1) is 5.60 Å². The summed E-state index contributed by atoms with van der Waals surface area (Å²) in [7, 11) is 0. The van der Waals surface area contributed by atoms with Gasteiger partial charge in [0, 0.05) is 6.42 Å². The minimum absolute atomic E-state index is 0.231. The highest BCUT2D eigenvalue weighted by molar-refractivity contribution is 5.18. The molecule has 2 atom stereocenters. The zero-order valence-corrected chi connectivity index (χ0v) is 10.3. The van der Waals surface area contributed by atoms with Gasteiger partial charge < -0.3 is 5.11 Å². The van der Waals surface area contributed by atoms with Crippen molar-refractivity contribution >= 4 is 0 Å². The van der Waals surface area contributed by atoms with Crippen molar-refractivity contribution in [1.82, 2.24) is 0 Å². The van der Waals surface area contributed by atoms with Crippen LogP contribution < -0.4 is 0 Å². The standard InChI is InChI=1S/C14H21FO/c1-4-5-11(2)14(3,16)10-12-6-8-13(15)9-7-12/h6-9,11,16H,4-5,10H2,1-3H3. The average Bonchev–Trinajstić information content (AvgIpc) is 2.21. The van der Waals surface area contributed by atoms with Gasteiger partial charge in [0.1, 0.15) is 5.82 Å². The van der Waals surface area contributed by atoms with Crippen LogP contribution in [0, 0.1) is 11.7 Å². The Hall–Kier alpha value is -0.890. The first-order valence-corrected chi connectivity index (χ1v) is 5.92. The molecule has 1 N–H and O–H groups in total. The van der Waals surface area contributed by atoms with E-state index in [-0.39, 0.29) is 11.7 Å². The summed E-state index contributed by atoms with van der Waals surface area (Å²) in [5.74, 6) is 0.0209. The molecule has 1 nitrogen and oxygen atoms in total. The molecule has 0 aliphatic rings. The Morgan fingerprint density at radius 2 is 1.88 bits per heavy atom.